The van der Waals surface area contributed by atoms with Crippen molar-refractivity contribution in [1.82, 2.24) is 15.2 Å². The van der Waals surface area contributed by atoms with Crippen molar-refractivity contribution in [2.45, 2.75) is 33.7 Å². The van der Waals surface area contributed by atoms with Gasteiger partial charge in [0, 0.05) is 23.0 Å². The summed E-state index contributed by atoms with van der Waals surface area (Å²) < 4.78 is 0. The zero-order chi connectivity index (χ0) is 18.8. The van der Waals surface area contributed by atoms with Gasteiger partial charge in [-0.05, 0) is 68.7 Å². The predicted octanol–water partition coefficient (Wildman–Crippen LogP) is 3.44. The molecule has 136 valence electrons. The van der Waals surface area contributed by atoms with Gasteiger partial charge in [0.1, 0.15) is 5.82 Å². The lowest BCUT2D eigenvalue weighted by Crippen LogP contribution is -2.20. The molecule has 0 amide bonds. The van der Waals surface area contributed by atoms with E-state index < -0.39 is 0 Å². The third-order valence-corrected chi connectivity index (χ3v) is 4.45. The molecule has 0 bridgehead atoms. The third kappa shape index (κ3) is 3.55. The summed E-state index contributed by atoms with van der Waals surface area (Å²) in [5.74, 6) is 0.709. The van der Waals surface area contributed by atoms with Gasteiger partial charge in [-0.3, -0.25) is 5.10 Å². The van der Waals surface area contributed by atoms with Crippen molar-refractivity contribution in [3.63, 3.8) is 0 Å². The van der Waals surface area contributed by atoms with Gasteiger partial charge in [0.25, 0.3) is 0 Å². The number of aliphatic hydroxyl groups excluding tert-OH is 1. The molecule has 1 aromatic carbocycles. The van der Waals surface area contributed by atoms with Crippen LogP contribution in [0, 0.1) is 20.8 Å². The van der Waals surface area contributed by atoms with Gasteiger partial charge >= 0.3 is 0 Å². The third-order valence-electron chi connectivity index (χ3n) is 4.45. The number of aliphatic hydroxyl groups is 1. The van der Waals surface area contributed by atoms with E-state index in [2.05, 4.69) is 28.5 Å². The highest BCUT2D eigenvalue weighted by atomic mass is 16.3. The number of benzene rings is 1. The highest BCUT2D eigenvalue weighted by Gasteiger charge is 2.15. The Labute approximate surface area is 153 Å². The standard InChI is InChI=1S/C20H25N5O/c1-11-5-6-16(21)9-17(11)15-7-18(20-13(3)24-25-14(20)4)23-19(8-15)22-12(2)10-26/h5-9,12,26H,10,21H2,1-4H3,(H,22,23)(H,24,25)/t12-/m1/s1. The van der Waals surface area contributed by atoms with Gasteiger partial charge in [0.15, 0.2) is 0 Å². The van der Waals surface area contributed by atoms with Crippen LogP contribution < -0.4 is 11.1 Å². The summed E-state index contributed by atoms with van der Waals surface area (Å²) >= 11 is 0. The van der Waals surface area contributed by atoms with Gasteiger partial charge in [-0.2, -0.15) is 5.10 Å². The lowest BCUT2D eigenvalue weighted by atomic mass is 9.98. The fraction of sp³-hybridized carbons (Fsp3) is 0.300. The number of aromatic nitrogens is 3. The molecule has 2 aromatic heterocycles. The number of aryl methyl sites for hydroxylation is 3. The Balaban J connectivity index is 2.19. The lowest BCUT2D eigenvalue weighted by Gasteiger charge is -2.16. The van der Waals surface area contributed by atoms with E-state index >= 15 is 0 Å². The predicted molar refractivity (Wildman–Crippen MR) is 106 cm³/mol. The average molecular weight is 351 g/mol. The van der Waals surface area contributed by atoms with E-state index in [1.54, 1.807) is 0 Å². The Morgan fingerprint density at radius 1 is 1.19 bits per heavy atom. The maximum Gasteiger partial charge on any atom is 0.127 e. The molecule has 0 spiro atoms. The van der Waals surface area contributed by atoms with Crippen LogP contribution in [0.3, 0.4) is 0 Å². The number of anilines is 2. The molecule has 1 atom stereocenters. The molecule has 0 saturated heterocycles. The number of nitrogens with two attached hydrogens (primary N) is 1. The first kappa shape index (κ1) is 17.9. The molecule has 6 nitrogen and oxygen atoms in total. The molecule has 0 unspecified atom stereocenters. The second kappa shape index (κ2) is 7.17. The van der Waals surface area contributed by atoms with Crippen molar-refractivity contribution < 1.29 is 5.11 Å². The molecule has 0 aliphatic rings. The summed E-state index contributed by atoms with van der Waals surface area (Å²) in [5, 5.41) is 19.9. The van der Waals surface area contributed by atoms with Gasteiger partial charge in [-0.1, -0.05) is 6.07 Å². The number of nitrogen functional groups attached to an aromatic ring is 1. The lowest BCUT2D eigenvalue weighted by molar-refractivity contribution is 0.281. The molecule has 0 fully saturated rings. The van der Waals surface area contributed by atoms with Crippen molar-refractivity contribution in [2.24, 2.45) is 0 Å². The zero-order valence-corrected chi connectivity index (χ0v) is 15.6. The maximum atomic E-state index is 9.38. The van der Waals surface area contributed by atoms with Crippen LogP contribution in [0.25, 0.3) is 22.4 Å². The van der Waals surface area contributed by atoms with Crippen LogP contribution in [-0.2, 0) is 0 Å². The number of hydrogen-bond donors (Lipinski definition) is 4. The molecular formula is C20H25N5O. The highest BCUT2D eigenvalue weighted by Crippen LogP contribution is 2.33. The Kier molecular flexibility index (Phi) is 4.95. The van der Waals surface area contributed by atoms with E-state index in [1.807, 2.05) is 45.0 Å². The van der Waals surface area contributed by atoms with Crippen LogP contribution in [-0.4, -0.2) is 32.9 Å². The zero-order valence-electron chi connectivity index (χ0n) is 15.6. The van der Waals surface area contributed by atoms with Crippen LogP contribution in [0.4, 0.5) is 11.5 Å². The van der Waals surface area contributed by atoms with Crippen molar-refractivity contribution in [1.29, 1.82) is 0 Å². The maximum absolute atomic E-state index is 9.38. The van der Waals surface area contributed by atoms with Gasteiger partial charge < -0.3 is 16.2 Å². The van der Waals surface area contributed by atoms with Crippen molar-refractivity contribution >= 4 is 11.5 Å². The average Bonchev–Trinajstić information content (AvgIpc) is 2.95. The smallest absolute Gasteiger partial charge is 0.127 e. The summed E-state index contributed by atoms with van der Waals surface area (Å²) in [7, 11) is 0. The van der Waals surface area contributed by atoms with Crippen molar-refractivity contribution in [3.05, 3.63) is 47.3 Å². The van der Waals surface area contributed by atoms with E-state index in [0.29, 0.717) is 5.82 Å². The topological polar surface area (TPSA) is 99.8 Å². The van der Waals surface area contributed by atoms with Crippen molar-refractivity contribution in [3.8, 4) is 22.4 Å². The first-order valence-corrected chi connectivity index (χ1v) is 8.67. The monoisotopic (exact) mass is 351 g/mol. The second-order valence-corrected chi connectivity index (χ2v) is 6.74. The van der Waals surface area contributed by atoms with Crippen LogP contribution in [0.1, 0.15) is 23.9 Å². The van der Waals surface area contributed by atoms with Crippen LogP contribution in [0.15, 0.2) is 30.3 Å². The molecule has 2 heterocycles. The molecule has 3 aromatic rings. The number of pyridine rings is 1. The Morgan fingerprint density at radius 3 is 2.62 bits per heavy atom. The van der Waals surface area contributed by atoms with E-state index in [9.17, 15) is 5.11 Å². The number of nitrogens with zero attached hydrogens (tertiary/aromatic N) is 2. The van der Waals surface area contributed by atoms with Crippen LogP contribution >= 0.6 is 0 Å². The number of rotatable bonds is 5. The first-order chi connectivity index (χ1) is 12.4. The van der Waals surface area contributed by atoms with Crippen molar-refractivity contribution in [2.75, 3.05) is 17.7 Å². The molecule has 5 N–H and O–H groups in total. The molecular weight excluding hydrogens is 326 g/mol. The summed E-state index contributed by atoms with van der Waals surface area (Å²) in [6.07, 6.45) is 0. The molecule has 0 aliphatic heterocycles. The van der Waals surface area contributed by atoms with E-state index in [-0.39, 0.29) is 12.6 Å². The fourth-order valence-corrected chi connectivity index (χ4v) is 3.07. The largest absolute Gasteiger partial charge is 0.399 e. The Hall–Kier alpha value is -2.86. The normalized spacial score (nSPS) is 12.2. The number of hydrogen-bond acceptors (Lipinski definition) is 5. The van der Waals surface area contributed by atoms with Gasteiger partial charge in [0.2, 0.25) is 0 Å². The number of aromatic amines is 1. The summed E-state index contributed by atoms with van der Waals surface area (Å²) in [5.41, 5.74) is 13.6. The van der Waals surface area contributed by atoms with E-state index in [0.717, 1.165) is 45.0 Å². The molecule has 26 heavy (non-hydrogen) atoms. The summed E-state index contributed by atoms with van der Waals surface area (Å²) in [6.45, 7) is 7.95. The van der Waals surface area contributed by atoms with Gasteiger partial charge in [-0.25, -0.2) is 4.98 Å². The summed E-state index contributed by atoms with van der Waals surface area (Å²) in [4.78, 5) is 4.75. The molecule has 0 saturated carbocycles. The number of H-pyrrole nitrogens is 1. The molecule has 3 rings (SSSR count). The highest BCUT2D eigenvalue weighted by molar-refractivity contribution is 5.78. The first-order valence-electron chi connectivity index (χ1n) is 8.67. The minimum absolute atomic E-state index is 0.0301. The molecule has 0 aliphatic carbocycles. The minimum Gasteiger partial charge on any atom is -0.399 e. The van der Waals surface area contributed by atoms with Gasteiger partial charge in [-0.15, -0.1) is 0 Å². The minimum atomic E-state index is -0.0981. The van der Waals surface area contributed by atoms with E-state index in [4.69, 9.17) is 10.7 Å². The summed E-state index contributed by atoms with van der Waals surface area (Å²) in [6, 6.07) is 9.84. The Bertz CT molecular complexity index is 912. The van der Waals surface area contributed by atoms with Gasteiger partial charge in [0.05, 0.1) is 18.0 Å². The Morgan fingerprint density at radius 2 is 1.96 bits per heavy atom. The molecule has 6 heteroatoms. The van der Waals surface area contributed by atoms with E-state index in [1.165, 1.54) is 0 Å². The molecule has 0 radical (unpaired) electrons. The van der Waals surface area contributed by atoms with Crippen LogP contribution in [0.5, 0.6) is 0 Å². The SMILES string of the molecule is Cc1ccc(N)cc1-c1cc(N[C@H](C)CO)nc(-c2c(C)n[nH]c2C)c1. The quantitative estimate of drug-likeness (QED) is 0.528. The number of nitrogens with one attached hydrogen (secondary N) is 2. The van der Waals surface area contributed by atoms with Crippen LogP contribution in [0.2, 0.25) is 0 Å². The second-order valence-electron chi connectivity index (χ2n) is 6.74. The fourth-order valence-electron chi connectivity index (χ4n) is 3.07.